The van der Waals surface area contributed by atoms with Crippen molar-refractivity contribution >= 4 is 27.9 Å². The maximum absolute atomic E-state index is 11.8. The Kier molecular flexibility index (Phi) is 6.64. The Morgan fingerprint density at radius 1 is 1.33 bits per heavy atom. The van der Waals surface area contributed by atoms with Crippen molar-refractivity contribution in [3.05, 3.63) is 28.2 Å². The number of hydrogen-bond acceptors (Lipinski definition) is 3. The monoisotopic (exact) mass is 358 g/mol. The zero-order valence-corrected chi connectivity index (χ0v) is 14.2. The van der Waals surface area contributed by atoms with Crippen LogP contribution in [0.5, 0.6) is 5.75 Å². The number of carbonyl (C=O) groups is 2. The molecule has 2 atom stereocenters. The number of carbonyl (C=O) groups excluding carboxylic acids is 2. The van der Waals surface area contributed by atoms with Crippen LogP contribution < -0.4 is 20.7 Å². The number of methoxy groups -OCH3 is 1. The Labute approximate surface area is 132 Å². The highest BCUT2D eigenvalue weighted by Crippen LogP contribution is 2.27. The van der Waals surface area contributed by atoms with Crippen LogP contribution >= 0.6 is 15.9 Å². The summed E-state index contributed by atoms with van der Waals surface area (Å²) in [6.45, 7) is 3.76. The summed E-state index contributed by atoms with van der Waals surface area (Å²) >= 11 is 3.44. The molecule has 0 unspecified atom stereocenters. The maximum atomic E-state index is 11.8. The predicted molar refractivity (Wildman–Crippen MR) is 83.1 cm³/mol. The molecule has 0 aliphatic rings. The molecule has 0 fully saturated rings. The Bertz CT molecular complexity index is 522. The van der Waals surface area contributed by atoms with Crippen LogP contribution in [-0.4, -0.2) is 32.1 Å². The number of ether oxygens (including phenoxy) is 1. The molecule has 0 saturated carbocycles. The minimum absolute atomic E-state index is 0.0673. The van der Waals surface area contributed by atoms with Gasteiger partial charge in [-0.3, -0.25) is 10.1 Å². The normalized spacial score (nSPS) is 13.2. The van der Waals surface area contributed by atoms with Crippen LogP contribution in [0.3, 0.4) is 0 Å². The third-order valence-corrected chi connectivity index (χ3v) is 3.78. The SMILES string of the molecule is CNC(=O)NC(=O)[C@@H](C)[NH2+][C@@H](C)c1ccc(OC)c(Br)c1. The molecule has 1 rings (SSSR count). The molecular formula is C14H21BrN3O3+. The molecular weight excluding hydrogens is 338 g/mol. The third kappa shape index (κ3) is 5.02. The number of halogens is 1. The average molecular weight is 359 g/mol. The van der Waals surface area contributed by atoms with Gasteiger partial charge in [0.2, 0.25) is 0 Å². The quantitative estimate of drug-likeness (QED) is 0.731. The second kappa shape index (κ2) is 7.99. The maximum Gasteiger partial charge on any atom is 0.321 e. The van der Waals surface area contributed by atoms with E-state index in [1.807, 2.05) is 30.4 Å². The van der Waals surface area contributed by atoms with Crippen molar-refractivity contribution in [3.63, 3.8) is 0 Å². The lowest BCUT2D eigenvalue weighted by molar-refractivity contribution is -0.710. The number of urea groups is 1. The minimum atomic E-state index is -0.500. The Morgan fingerprint density at radius 2 is 2.00 bits per heavy atom. The Morgan fingerprint density at radius 3 is 2.52 bits per heavy atom. The number of quaternary nitrogens is 1. The van der Waals surface area contributed by atoms with Gasteiger partial charge in [0, 0.05) is 12.6 Å². The smallest absolute Gasteiger partial charge is 0.321 e. The highest BCUT2D eigenvalue weighted by atomic mass is 79.9. The number of benzene rings is 1. The standard InChI is InChI=1S/C14H20BrN3O3/c1-8(10-5-6-12(21-4)11(15)7-10)17-9(2)13(19)18-14(20)16-3/h5-9,17H,1-4H3,(H2,16,18,19,20)/p+1/t8-,9+/m0/s1. The van der Waals surface area contributed by atoms with Gasteiger partial charge in [0.05, 0.1) is 11.6 Å². The third-order valence-electron chi connectivity index (χ3n) is 3.16. The van der Waals surface area contributed by atoms with Crippen LogP contribution in [0, 0.1) is 0 Å². The van der Waals surface area contributed by atoms with Crippen molar-refractivity contribution in [1.29, 1.82) is 0 Å². The van der Waals surface area contributed by atoms with Gasteiger partial charge in [-0.2, -0.15) is 0 Å². The number of nitrogens with one attached hydrogen (secondary N) is 2. The molecule has 4 N–H and O–H groups in total. The van der Waals surface area contributed by atoms with Gasteiger partial charge < -0.3 is 15.4 Å². The number of amides is 3. The molecule has 0 aliphatic heterocycles. The summed E-state index contributed by atoms with van der Waals surface area (Å²) in [5.41, 5.74) is 1.06. The van der Waals surface area contributed by atoms with Gasteiger partial charge in [-0.15, -0.1) is 0 Å². The summed E-state index contributed by atoms with van der Waals surface area (Å²) in [4.78, 5) is 22.9. The van der Waals surface area contributed by atoms with Gasteiger partial charge >= 0.3 is 6.03 Å². The lowest BCUT2D eigenvalue weighted by Crippen LogP contribution is -2.92. The second-order valence-corrected chi connectivity index (χ2v) is 5.59. The van der Waals surface area contributed by atoms with E-state index in [1.54, 1.807) is 14.0 Å². The molecule has 0 saturated heterocycles. The van der Waals surface area contributed by atoms with E-state index < -0.39 is 6.03 Å². The van der Waals surface area contributed by atoms with Crippen molar-refractivity contribution in [3.8, 4) is 5.75 Å². The van der Waals surface area contributed by atoms with Crippen LogP contribution in [0.25, 0.3) is 0 Å². The van der Waals surface area contributed by atoms with E-state index >= 15 is 0 Å². The van der Waals surface area contributed by atoms with E-state index in [-0.39, 0.29) is 18.0 Å². The van der Waals surface area contributed by atoms with Crippen molar-refractivity contribution in [2.24, 2.45) is 0 Å². The molecule has 3 amide bonds. The fraction of sp³-hybridized carbons (Fsp3) is 0.429. The Hall–Kier alpha value is -1.60. The summed E-state index contributed by atoms with van der Waals surface area (Å²) in [6.07, 6.45) is 0. The van der Waals surface area contributed by atoms with Crippen LogP contribution in [0.2, 0.25) is 0 Å². The zero-order valence-electron chi connectivity index (χ0n) is 12.6. The van der Waals surface area contributed by atoms with E-state index in [4.69, 9.17) is 4.74 Å². The largest absolute Gasteiger partial charge is 0.496 e. The molecule has 0 aromatic heterocycles. The molecule has 7 heteroatoms. The van der Waals surface area contributed by atoms with Gasteiger partial charge in [-0.25, -0.2) is 4.79 Å². The summed E-state index contributed by atoms with van der Waals surface area (Å²) < 4.78 is 6.06. The van der Waals surface area contributed by atoms with Crippen molar-refractivity contribution in [1.82, 2.24) is 10.6 Å². The highest BCUT2D eigenvalue weighted by molar-refractivity contribution is 9.10. The van der Waals surface area contributed by atoms with Gasteiger partial charge in [0.1, 0.15) is 11.8 Å². The van der Waals surface area contributed by atoms with Crippen molar-refractivity contribution in [2.75, 3.05) is 14.2 Å². The number of hydrogen-bond donors (Lipinski definition) is 3. The average Bonchev–Trinajstić information content (AvgIpc) is 2.46. The van der Waals surface area contributed by atoms with E-state index in [2.05, 4.69) is 26.6 Å². The highest BCUT2D eigenvalue weighted by Gasteiger charge is 2.22. The molecule has 0 heterocycles. The number of rotatable bonds is 5. The van der Waals surface area contributed by atoms with Crippen LogP contribution in [-0.2, 0) is 4.79 Å². The van der Waals surface area contributed by atoms with Crippen LogP contribution in [0.15, 0.2) is 22.7 Å². The first-order valence-corrected chi connectivity index (χ1v) is 7.39. The predicted octanol–water partition coefficient (Wildman–Crippen LogP) is 0.926. The molecule has 0 spiro atoms. The molecule has 0 bridgehead atoms. The first-order valence-electron chi connectivity index (χ1n) is 6.60. The van der Waals surface area contributed by atoms with E-state index in [1.165, 1.54) is 7.05 Å². The fourth-order valence-corrected chi connectivity index (χ4v) is 2.44. The lowest BCUT2D eigenvalue weighted by Gasteiger charge is -2.17. The lowest BCUT2D eigenvalue weighted by atomic mass is 10.1. The van der Waals surface area contributed by atoms with Gasteiger partial charge in [-0.05, 0) is 48.0 Å². The van der Waals surface area contributed by atoms with Gasteiger partial charge in [0.15, 0.2) is 6.04 Å². The first kappa shape index (κ1) is 17.5. The zero-order chi connectivity index (χ0) is 16.0. The summed E-state index contributed by atoms with van der Waals surface area (Å²) in [5, 5.41) is 6.51. The summed E-state index contributed by atoms with van der Waals surface area (Å²) in [5.74, 6) is 0.435. The minimum Gasteiger partial charge on any atom is -0.496 e. The summed E-state index contributed by atoms with van der Waals surface area (Å²) in [6, 6.07) is 4.98. The van der Waals surface area contributed by atoms with Crippen LogP contribution in [0.4, 0.5) is 4.79 Å². The molecule has 0 radical (unpaired) electrons. The molecule has 116 valence electrons. The van der Waals surface area contributed by atoms with Gasteiger partial charge in [0.25, 0.3) is 5.91 Å². The second-order valence-electron chi connectivity index (χ2n) is 4.73. The van der Waals surface area contributed by atoms with Crippen LogP contribution in [0.1, 0.15) is 25.5 Å². The topological polar surface area (TPSA) is 84.0 Å². The molecule has 1 aromatic rings. The fourth-order valence-electron chi connectivity index (χ4n) is 1.89. The molecule has 6 nitrogen and oxygen atoms in total. The molecule has 1 aromatic carbocycles. The van der Waals surface area contributed by atoms with Crippen molar-refractivity contribution < 1.29 is 19.6 Å². The Balaban J connectivity index is 2.67. The van der Waals surface area contributed by atoms with E-state index in [9.17, 15) is 9.59 Å². The first-order chi connectivity index (χ1) is 9.88. The van der Waals surface area contributed by atoms with E-state index in [0.717, 1.165) is 15.8 Å². The molecule has 0 aliphatic carbocycles. The molecule has 21 heavy (non-hydrogen) atoms. The van der Waals surface area contributed by atoms with E-state index in [0.29, 0.717) is 0 Å². The van der Waals surface area contributed by atoms with Crippen molar-refractivity contribution in [2.45, 2.75) is 25.9 Å². The summed E-state index contributed by atoms with van der Waals surface area (Å²) in [7, 11) is 3.08. The van der Waals surface area contributed by atoms with Gasteiger partial charge in [-0.1, -0.05) is 0 Å². The number of imide groups is 1. The number of nitrogens with two attached hydrogens (primary N) is 1.